The molecule has 7 nitrogen and oxygen atoms in total. The van der Waals surface area contributed by atoms with E-state index in [0.29, 0.717) is 5.56 Å². The van der Waals surface area contributed by atoms with Crippen LogP contribution in [0.4, 0.5) is 5.69 Å². The van der Waals surface area contributed by atoms with Crippen LogP contribution in [0.2, 0.25) is 5.02 Å². The van der Waals surface area contributed by atoms with Crippen LogP contribution in [-0.2, 0) is 29.7 Å². The summed E-state index contributed by atoms with van der Waals surface area (Å²) in [5.74, 6) is 0. The van der Waals surface area contributed by atoms with E-state index < -0.39 is 20.6 Å². The molecule has 0 amide bonds. The minimum Gasteiger partial charge on any atom is -0.309 e. The van der Waals surface area contributed by atoms with Crippen LogP contribution in [0.15, 0.2) is 35.2 Å². The smallest absolute Gasteiger partial charge is 0.289 e. The van der Waals surface area contributed by atoms with Crippen LogP contribution in [0.1, 0.15) is 22.3 Å². The lowest BCUT2D eigenvalue weighted by Gasteiger charge is -2.10. The summed E-state index contributed by atoms with van der Waals surface area (Å²) < 4.78 is 27.6. The molecule has 1 aliphatic heterocycles. The summed E-state index contributed by atoms with van der Waals surface area (Å²) in [5.41, 5.74) is 3.17. The fourth-order valence-electron chi connectivity index (χ4n) is 2.76. The molecule has 140 valence electrons. The molecule has 2 N–H and O–H groups in total. The SMILES string of the molecule is Cc1cc([N+](=O)[O-])c(Cl)c(S(=O)(=O)NCc2ccc3c(c2)CNC3)c1.Cl. The standard InChI is InChI=1S/C16H16ClN3O4S.ClH/c1-10-4-14(20(21)22)16(17)15(5-10)25(23,24)19-7-11-2-3-12-8-18-9-13(12)6-11;/h2-6,18-19H,7-9H2,1H3;1H. The van der Waals surface area contributed by atoms with E-state index in [1.54, 1.807) is 6.92 Å². The molecule has 0 saturated heterocycles. The van der Waals surface area contributed by atoms with Gasteiger partial charge in [-0.15, -0.1) is 12.4 Å². The number of sulfonamides is 1. The van der Waals surface area contributed by atoms with Crippen molar-refractivity contribution in [2.45, 2.75) is 31.5 Å². The van der Waals surface area contributed by atoms with Gasteiger partial charge in [0.25, 0.3) is 5.69 Å². The largest absolute Gasteiger partial charge is 0.309 e. The lowest BCUT2D eigenvalue weighted by atomic mass is 10.1. The molecule has 3 rings (SSSR count). The number of hydrogen-bond acceptors (Lipinski definition) is 5. The maximum atomic E-state index is 12.6. The second-order valence-electron chi connectivity index (χ2n) is 5.88. The highest BCUT2D eigenvalue weighted by atomic mass is 35.5. The number of hydrogen-bond donors (Lipinski definition) is 2. The first-order valence-electron chi connectivity index (χ1n) is 7.53. The van der Waals surface area contributed by atoms with Crippen molar-refractivity contribution in [2.24, 2.45) is 0 Å². The summed E-state index contributed by atoms with van der Waals surface area (Å²) in [6.45, 7) is 3.22. The Morgan fingerprint density at radius 3 is 2.62 bits per heavy atom. The molecule has 0 bridgehead atoms. The first-order chi connectivity index (χ1) is 11.8. The molecule has 1 aliphatic rings. The number of rotatable bonds is 5. The van der Waals surface area contributed by atoms with Crippen LogP contribution in [-0.4, -0.2) is 13.3 Å². The summed E-state index contributed by atoms with van der Waals surface area (Å²) in [6, 6.07) is 8.33. The van der Waals surface area contributed by atoms with Crippen molar-refractivity contribution in [2.75, 3.05) is 0 Å². The molecule has 0 fully saturated rings. The maximum absolute atomic E-state index is 12.6. The predicted octanol–water partition coefficient (Wildman–Crippen LogP) is 3.06. The number of nitrogens with zero attached hydrogens (tertiary/aromatic N) is 1. The Morgan fingerprint density at radius 1 is 1.23 bits per heavy atom. The molecule has 2 aromatic rings. The normalized spacial score (nSPS) is 13.2. The Kier molecular flexibility index (Phi) is 6.25. The molecule has 0 aliphatic carbocycles. The van der Waals surface area contributed by atoms with E-state index in [1.165, 1.54) is 17.7 Å². The molecular weight excluding hydrogens is 401 g/mol. The summed E-state index contributed by atoms with van der Waals surface area (Å²) in [4.78, 5) is 10.1. The summed E-state index contributed by atoms with van der Waals surface area (Å²) in [7, 11) is -3.98. The number of benzene rings is 2. The van der Waals surface area contributed by atoms with E-state index in [1.807, 2.05) is 18.2 Å². The first-order valence-corrected chi connectivity index (χ1v) is 9.39. The molecular formula is C16H17Cl2N3O4S. The van der Waals surface area contributed by atoms with Gasteiger partial charge in [-0.2, -0.15) is 0 Å². The zero-order chi connectivity index (χ0) is 18.2. The van der Waals surface area contributed by atoms with E-state index >= 15 is 0 Å². The number of nitro groups is 1. The van der Waals surface area contributed by atoms with Crippen LogP contribution in [0, 0.1) is 17.0 Å². The Morgan fingerprint density at radius 2 is 1.92 bits per heavy atom. The van der Waals surface area contributed by atoms with Crippen LogP contribution in [0.5, 0.6) is 0 Å². The first kappa shape index (κ1) is 20.6. The second-order valence-corrected chi connectivity index (χ2v) is 8.00. The summed E-state index contributed by atoms with van der Waals surface area (Å²) in [5, 5.41) is 13.9. The summed E-state index contributed by atoms with van der Waals surface area (Å²) >= 11 is 5.95. The zero-order valence-electron chi connectivity index (χ0n) is 13.8. The average Bonchev–Trinajstić information content (AvgIpc) is 3.02. The van der Waals surface area contributed by atoms with E-state index in [9.17, 15) is 18.5 Å². The van der Waals surface area contributed by atoms with Gasteiger partial charge in [0.15, 0.2) is 0 Å². The Bertz CT molecular complexity index is 964. The van der Waals surface area contributed by atoms with Crippen molar-refractivity contribution in [1.82, 2.24) is 10.0 Å². The zero-order valence-corrected chi connectivity index (χ0v) is 16.2. The van der Waals surface area contributed by atoms with Crippen LogP contribution < -0.4 is 10.0 Å². The molecule has 0 aromatic heterocycles. The highest BCUT2D eigenvalue weighted by Crippen LogP contribution is 2.32. The third-order valence-corrected chi connectivity index (χ3v) is 5.95. The van der Waals surface area contributed by atoms with Crippen LogP contribution >= 0.6 is 24.0 Å². The molecule has 2 aromatic carbocycles. The maximum Gasteiger partial charge on any atom is 0.289 e. The van der Waals surface area contributed by atoms with Crippen molar-refractivity contribution >= 4 is 39.7 Å². The quantitative estimate of drug-likeness (QED) is 0.574. The molecule has 1 heterocycles. The van der Waals surface area contributed by atoms with E-state index in [-0.39, 0.29) is 28.9 Å². The Balaban J connectivity index is 0.00000243. The lowest BCUT2D eigenvalue weighted by molar-refractivity contribution is -0.385. The van der Waals surface area contributed by atoms with Gasteiger partial charge in [-0.1, -0.05) is 29.8 Å². The molecule has 0 unspecified atom stereocenters. The highest BCUT2D eigenvalue weighted by molar-refractivity contribution is 7.89. The van der Waals surface area contributed by atoms with Crippen LogP contribution in [0.25, 0.3) is 0 Å². The molecule has 0 radical (unpaired) electrons. The van der Waals surface area contributed by atoms with Gasteiger partial charge in [0, 0.05) is 25.7 Å². The number of fused-ring (bicyclic) bond motifs is 1. The van der Waals surface area contributed by atoms with Gasteiger partial charge in [-0.05, 0) is 35.2 Å². The van der Waals surface area contributed by atoms with Crippen molar-refractivity contribution in [3.05, 3.63) is 67.7 Å². The monoisotopic (exact) mass is 417 g/mol. The molecule has 0 atom stereocenters. The van der Waals surface area contributed by atoms with Gasteiger partial charge in [-0.25, -0.2) is 13.1 Å². The van der Waals surface area contributed by atoms with E-state index in [4.69, 9.17) is 11.6 Å². The third kappa shape index (κ3) is 4.16. The van der Waals surface area contributed by atoms with Gasteiger partial charge in [-0.3, -0.25) is 10.1 Å². The Labute approximate surface area is 162 Å². The fourth-order valence-corrected chi connectivity index (χ4v) is 4.44. The van der Waals surface area contributed by atoms with Crippen molar-refractivity contribution in [1.29, 1.82) is 0 Å². The topological polar surface area (TPSA) is 101 Å². The van der Waals surface area contributed by atoms with Gasteiger partial charge < -0.3 is 5.32 Å². The number of nitrogens with one attached hydrogen (secondary N) is 2. The number of halogens is 2. The lowest BCUT2D eigenvalue weighted by Crippen LogP contribution is -2.24. The van der Waals surface area contributed by atoms with Crippen molar-refractivity contribution in [3.63, 3.8) is 0 Å². The highest BCUT2D eigenvalue weighted by Gasteiger charge is 2.25. The Hall–Kier alpha value is -1.71. The second kappa shape index (κ2) is 7.89. The van der Waals surface area contributed by atoms with Crippen molar-refractivity contribution in [3.8, 4) is 0 Å². The molecule has 0 saturated carbocycles. The van der Waals surface area contributed by atoms with Gasteiger partial charge in [0.05, 0.1) is 4.92 Å². The number of nitro benzene ring substituents is 1. The number of aryl methyl sites for hydroxylation is 1. The minimum absolute atomic E-state index is 0. The average molecular weight is 418 g/mol. The van der Waals surface area contributed by atoms with E-state index in [0.717, 1.165) is 24.2 Å². The summed E-state index contributed by atoms with van der Waals surface area (Å²) in [6.07, 6.45) is 0. The van der Waals surface area contributed by atoms with Gasteiger partial charge in [0.2, 0.25) is 10.0 Å². The third-order valence-electron chi connectivity index (χ3n) is 4.02. The minimum atomic E-state index is -3.98. The fraction of sp³-hybridized carbons (Fsp3) is 0.250. The van der Waals surface area contributed by atoms with Gasteiger partial charge >= 0.3 is 0 Å². The molecule has 26 heavy (non-hydrogen) atoms. The van der Waals surface area contributed by atoms with E-state index in [2.05, 4.69) is 10.0 Å². The van der Waals surface area contributed by atoms with Crippen molar-refractivity contribution < 1.29 is 13.3 Å². The van der Waals surface area contributed by atoms with Gasteiger partial charge in [0.1, 0.15) is 9.92 Å². The van der Waals surface area contributed by atoms with Crippen LogP contribution in [0.3, 0.4) is 0 Å². The molecule has 10 heteroatoms. The molecule has 0 spiro atoms. The predicted molar refractivity (Wildman–Crippen MR) is 101 cm³/mol.